The fourth-order valence-electron chi connectivity index (χ4n) is 1.73. The first kappa shape index (κ1) is 12.5. The Morgan fingerprint density at radius 2 is 2.32 bits per heavy atom. The molecular formula is C14H15ClN2O2. The van der Waals surface area contributed by atoms with E-state index in [0.29, 0.717) is 23.4 Å². The molecule has 1 aliphatic rings. The third-order valence-corrected chi connectivity index (χ3v) is 3.26. The van der Waals surface area contributed by atoms with Crippen LogP contribution in [-0.2, 0) is 6.54 Å². The Balaban J connectivity index is 1.66. The lowest BCUT2D eigenvalue weighted by Gasteiger charge is -2.04. The highest BCUT2D eigenvalue weighted by Crippen LogP contribution is 2.27. The molecule has 1 fully saturated rings. The van der Waals surface area contributed by atoms with E-state index in [0.717, 1.165) is 11.3 Å². The second kappa shape index (κ2) is 5.23. The van der Waals surface area contributed by atoms with Gasteiger partial charge in [-0.15, -0.1) is 0 Å². The Bertz CT molecular complexity index is 579. The topological polar surface area (TPSA) is 47.3 Å². The predicted octanol–water partition coefficient (Wildman–Crippen LogP) is 3.68. The number of halogens is 1. The van der Waals surface area contributed by atoms with Gasteiger partial charge in [-0.25, -0.2) is 0 Å². The highest BCUT2D eigenvalue weighted by molar-refractivity contribution is 6.30. The predicted molar refractivity (Wildman–Crippen MR) is 72.6 cm³/mol. The average Bonchev–Trinajstić information content (AvgIpc) is 3.12. The van der Waals surface area contributed by atoms with Crippen LogP contribution in [0.2, 0.25) is 5.02 Å². The average molecular weight is 279 g/mol. The van der Waals surface area contributed by atoms with Gasteiger partial charge in [0.2, 0.25) is 0 Å². The first-order valence-corrected chi connectivity index (χ1v) is 6.70. The van der Waals surface area contributed by atoms with Crippen molar-refractivity contribution in [3.8, 4) is 11.8 Å². The third kappa shape index (κ3) is 3.28. The maximum atomic E-state index is 5.94. The summed E-state index contributed by atoms with van der Waals surface area (Å²) < 4.78 is 10.9. The molecule has 0 aliphatic heterocycles. The third-order valence-electron chi connectivity index (χ3n) is 3.03. The summed E-state index contributed by atoms with van der Waals surface area (Å²) >= 11 is 5.94. The lowest BCUT2D eigenvalue weighted by Crippen LogP contribution is -2.15. The molecule has 0 spiro atoms. The van der Waals surface area contributed by atoms with Gasteiger partial charge >= 0.3 is 6.08 Å². The zero-order valence-corrected chi connectivity index (χ0v) is 11.4. The smallest absolute Gasteiger partial charge is 0.399 e. The molecule has 0 atom stereocenters. The van der Waals surface area contributed by atoms with Crippen molar-refractivity contribution in [2.24, 2.45) is 0 Å². The van der Waals surface area contributed by atoms with Gasteiger partial charge in [-0.3, -0.25) is 0 Å². The summed E-state index contributed by atoms with van der Waals surface area (Å²) in [6.07, 6.45) is 4.37. The molecule has 0 unspecified atom stereocenters. The molecule has 1 aliphatic carbocycles. The number of oxazole rings is 1. The van der Waals surface area contributed by atoms with Gasteiger partial charge in [-0.05, 0) is 37.5 Å². The molecule has 1 heterocycles. The molecule has 1 N–H and O–H groups in total. The van der Waals surface area contributed by atoms with Crippen LogP contribution in [0.15, 0.2) is 28.9 Å². The van der Waals surface area contributed by atoms with Crippen LogP contribution in [0.25, 0.3) is 0 Å². The van der Waals surface area contributed by atoms with Crippen molar-refractivity contribution < 1.29 is 9.15 Å². The maximum absolute atomic E-state index is 5.94. The molecule has 5 heteroatoms. The largest absolute Gasteiger partial charge is 0.417 e. The molecule has 3 rings (SSSR count). The van der Waals surface area contributed by atoms with Crippen LogP contribution in [0, 0.1) is 6.92 Å². The molecule has 2 aromatic rings. The summed E-state index contributed by atoms with van der Waals surface area (Å²) in [7, 11) is 0. The molecule has 0 bridgehead atoms. The van der Waals surface area contributed by atoms with E-state index < -0.39 is 0 Å². The summed E-state index contributed by atoms with van der Waals surface area (Å²) in [5.41, 5.74) is 1.84. The lowest BCUT2D eigenvalue weighted by molar-refractivity contribution is 0.329. The minimum Gasteiger partial charge on any atom is -0.417 e. The van der Waals surface area contributed by atoms with E-state index in [4.69, 9.17) is 20.8 Å². The molecule has 1 aromatic heterocycles. The van der Waals surface area contributed by atoms with Crippen molar-refractivity contribution in [1.29, 1.82) is 0 Å². The minimum absolute atomic E-state index is 0.248. The Morgan fingerprint density at radius 3 is 3.11 bits per heavy atom. The number of nitrogens with zero attached hydrogens (tertiary/aromatic N) is 1. The second-order valence-corrected chi connectivity index (χ2v) is 5.21. The number of nitrogens with one attached hydrogen (secondary N) is 1. The normalized spacial score (nSPS) is 14.6. The number of hydrogen-bond acceptors (Lipinski definition) is 4. The fraction of sp³-hybridized carbons (Fsp3) is 0.357. The monoisotopic (exact) mass is 278 g/mol. The van der Waals surface area contributed by atoms with Crippen LogP contribution in [0.5, 0.6) is 11.8 Å². The number of ether oxygens (including phenoxy) is 1. The Morgan fingerprint density at radius 1 is 1.47 bits per heavy atom. The van der Waals surface area contributed by atoms with Crippen LogP contribution < -0.4 is 10.1 Å². The van der Waals surface area contributed by atoms with Crippen LogP contribution in [-0.4, -0.2) is 11.0 Å². The molecule has 1 saturated carbocycles. The summed E-state index contributed by atoms with van der Waals surface area (Å²) in [5.74, 6) is 0.663. The minimum atomic E-state index is 0.248. The molecule has 0 saturated heterocycles. The number of rotatable bonds is 5. The highest BCUT2D eigenvalue weighted by Gasteiger charge is 2.20. The van der Waals surface area contributed by atoms with Crippen LogP contribution in [0.3, 0.4) is 0 Å². The van der Waals surface area contributed by atoms with Crippen molar-refractivity contribution >= 4 is 11.6 Å². The van der Waals surface area contributed by atoms with E-state index in [2.05, 4.69) is 10.3 Å². The zero-order valence-electron chi connectivity index (χ0n) is 10.6. The van der Waals surface area contributed by atoms with E-state index in [1.807, 2.05) is 19.1 Å². The highest BCUT2D eigenvalue weighted by atomic mass is 35.5. The van der Waals surface area contributed by atoms with Gasteiger partial charge < -0.3 is 14.5 Å². The summed E-state index contributed by atoms with van der Waals surface area (Å²) in [4.78, 5) is 4.28. The first-order chi connectivity index (χ1) is 9.20. The van der Waals surface area contributed by atoms with Gasteiger partial charge in [0.25, 0.3) is 0 Å². The molecule has 1 aromatic carbocycles. The first-order valence-electron chi connectivity index (χ1n) is 6.32. The van der Waals surface area contributed by atoms with Gasteiger partial charge in [0.15, 0.2) is 0 Å². The van der Waals surface area contributed by atoms with E-state index in [1.54, 1.807) is 12.3 Å². The Labute approximate surface area is 116 Å². The van der Waals surface area contributed by atoms with Crippen molar-refractivity contribution in [2.45, 2.75) is 32.4 Å². The number of hydrogen-bond donors (Lipinski definition) is 1. The molecular weight excluding hydrogens is 264 g/mol. The number of aryl methyl sites for hydroxylation is 1. The summed E-state index contributed by atoms with van der Waals surface area (Å²) in [6, 6.07) is 6.13. The quantitative estimate of drug-likeness (QED) is 0.906. The Kier molecular flexibility index (Phi) is 3.44. The molecule has 100 valence electrons. The van der Waals surface area contributed by atoms with Crippen LogP contribution >= 0.6 is 11.6 Å². The van der Waals surface area contributed by atoms with Gasteiger partial charge in [-0.2, -0.15) is 4.98 Å². The van der Waals surface area contributed by atoms with Gasteiger partial charge in [0.1, 0.15) is 12.0 Å². The molecule has 19 heavy (non-hydrogen) atoms. The SMILES string of the molecule is Cc1ccc(Cl)cc1Oc1nc(CNC2CC2)co1. The standard InChI is InChI=1S/C14H15ClN2O2/c1-9-2-3-10(15)6-13(9)19-14-17-12(8-18-14)7-16-11-4-5-11/h2-3,6,8,11,16H,4-5,7H2,1H3. The van der Waals surface area contributed by atoms with Crippen LogP contribution in [0.4, 0.5) is 0 Å². The zero-order chi connectivity index (χ0) is 13.2. The van der Waals surface area contributed by atoms with E-state index >= 15 is 0 Å². The van der Waals surface area contributed by atoms with E-state index in [9.17, 15) is 0 Å². The van der Waals surface area contributed by atoms with Crippen molar-refractivity contribution in [2.75, 3.05) is 0 Å². The van der Waals surface area contributed by atoms with E-state index in [1.165, 1.54) is 12.8 Å². The lowest BCUT2D eigenvalue weighted by atomic mass is 10.2. The molecule has 0 radical (unpaired) electrons. The van der Waals surface area contributed by atoms with Gasteiger partial charge in [0.05, 0.1) is 5.69 Å². The number of benzene rings is 1. The van der Waals surface area contributed by atoms with Crippen molar-refractivity contribution in [3.63, 3.8) is 0 Å². The molecule has 0 amide bonds. The van der Waals surface area contributed by atoms with Gasteiger partial charge in [-0.1, -0.05) is 17.7 Å². The Hall–Kier alpha value is -1.52. The van der Waals surface area contributed by atoms with Crippen LogP contribution in [0.1, 0.15) is 24.1 Å². The van der Waals surface area contributed by atoms with Crippen molar-refractivity contribution in [3.05, 3.63) is 40.7 Å². The second-order valence-electron chi connectivity index (χ2n) is 4.77. The van der Waals surface area contributed by atoms with Gasteiger partial charge in [0, 0.05) is 17.6 Å². The fourth-order valence-corrected chi connectivity index (χ4v) is 1.89. The summed E-state index contributed by atoms with van der Waals surface area (Å²) in [6.45, 7) is 2.66. The van der Waals surface area contributed by atoms with E-state index in [-0.39, 0.29) is 6.08 Å². The maximum Gasteiger partial charge on any atom is 0.399 e. The number of aromatic nitrogens is 1. The molecule has 4 nitrogen and oxygen atoms in total. The summed E-state index contributed by atoms with van der Waals surface area (Å²) in [5, 5.41) is 4.00. The van der Waals surface area contributed by atoms with Crippen molar-refractivity contribution in [1.82, 2.24) is 10.3 Å².